The average Bonchev–Trinajstić information content (AvgIpc) is 2.28. The van der Waals surface area contributed by atoms with Gasteiger partial charge in [0.2, 0.25) is 0 Å². The number of Topliss-reactive ketones (excluding diaryl/α,β-unsaturated/α-hetero) is 1. The van der Waals surface area contributed by atoms with E-state index in [0.717, 1.165) is 0 Å². The molecule has 0 amide bonds. The highest BCUT2D eigenvalue weighted by molar-refractivity contribution is 5.90. The van der Waals surface area contributed by atoms with Crippen LogP contribution in [0.4, 0.5) is 4.39 Å². The topological polar surface area (TPSA) is 35.5 Å². The quantitative estimate of drug-likeness (QED) is 0.784. The number of hydrogen-bond donors (Lipinski definition) is 0. The molecule has 2 atom stereocenters. The zero-order valence-corrected chi connectivity index (χ0v) is 8.98. The molecule has 0 spiro atoms. The number of carbonyl (C=O) groups is 1. The van der Waals surface area contributed by atoms with Crippen molar-refractivity contribution < 1.29 is 18.7 Å². The van der Waals surface area contributed by atoms with Gasteiger partial charge < -0.3 is 9.47 Å². The summed E-state index contributed by atoms with van der Waals surface area (Å²) in [5.41, 5.74) is 0. The van der Waals surface area contributed by atoms with Crippen LogP contribution < -0.4 is 4.74 Å². The number of ether oxygens (including phenoxy) is 2. The lowest BCUT2D eigenvalue weighted by Gasteiger charge is -2.34. The number of hydrogen-bond acceptors (Lipinski definition) is 3. The Morgan fingerprint density at radius 1 is 1.38 bits per heavy atom. The Kier molecular flexibility index (Phi) is 3.19. The van der Waals surface area contributed by atoms with Gasteiger partial charge in [-0.3, -0.25) is 4.79 Å². The van der Waals surface area contributed by atoms with E-state index in [0.29, 0.717) is 18.8 Å². The molecule has 0 aliphatic heterocycles. The van der Waals surface area contributed by atoms with Crippen molar-refractivity contribution in [2.75, 3.05) is 6.61 Å². The molecule has 86 valence electrons. The summed E-state index contributed by atoms with van der Waals surface area (Å²) in [7, 11) is 0. The van der Waals surface area contributed by atoms with Crippen LogP contribution in [0.1, 0.15) is 13.3 Å². The Morgan fingerprint density at radius 2 is 2.06 bits per heavy atom. The van der Waals surface area contributed by atoms with Crippen LogP contribution in [-0.2, 0) is 9.53 Å². The lowest BCUT2D eigenvalue weighted by Crippen LogP contribution is -2.52. The second kappa shape index (κ2) is 4.61. The van der Waals surface area contributed by atoms with E-state index in [1.54, 1.807) is 12.1 Å². The summed E-state index contributed by atoms with van der Waals surface area (Å²) in [4.78, 5) is 11.2. The maximum absolute atomic E-state index is 12.6. The number of rotatable bonds is 4. The molecule has 0 aromatic heterocycles. The number of halogens is 1. The normalized spacial score (nSPS) is 24.0. The molecule has 3 nitrogen and oxygen atoms in total. The summed E-state index contributed by atoms with van der Waals surface area (Å²) in [5.74, 6) is 0.316. The summed E-state index contributed by atoms with van der Waals surface area (Å²) < 4.78 is 23.4. The van der Waals surface area contributed by atoms with Gasteiger partial charge in [-0.05, 0) is 31.2 Å². The Labute approximate surface area is 93.2 Å². The van der Waals surface area contributed by atoms with Gasteiger partial charge in [-0.2, -0.15) is 0 Å². The second-order valence-electron chi connectivity index (χ2n) is 3.66. The van der Waals surface area contributed by atoms with Gasteiger partial charge in [-0.1, -0.05) is 0 Å². The van der Waals surface area contributed by atoms with Crippen LogP contribution in [0, 0.1) is 5.82 Å². The fourth-order valence-electron chi connectivity index (χ4n) is 1.64. The van der Waals surface area contributed by atoms with Crippen molar-refractivity contribution >= 4 is 5.78 Å². The van der Waals surface area contributed by atoms with E-state index in [1.165, 1.54) is 12.1 Å². The number of ketones is 1. The van der Waals surface area contributed by atoms with Crippen LogP contribution in [0.25, 0.3) is 0 Å². The van der Waals surface area contributed by atoms with Crippen molar-refractivity contribution in [2.24, 2.45) is 0 Å². The minimum atomic E-state index is -0.463. The maximum Gasteiger partial charge on any atom is 0.169 e. The van der Waals surface area contributed by atoms with Gasteiger partial charge in [0.25, 0.3) is 0 Å². The predicted molar refractivity (Wildman–Crippen MR) is 55.9 cm³/mol. The molecule has 0 radical (unpaired) electrons. The van der Waals surface area contributed by atoms with E-state index in [4.69, 9.17) is 9.47 Å². The molecule has 16 heavy (non-hydrogen) atoms. The van der Waals surface area contributed by atoms with E-state index in [9.17, 15) is 9.18 Å². The molecule has 1 aliphatic carbocycles. The number of carbonyl (C=O) groups excluding carboxylic acids is 1. The minimum Gasteiger partial charge on any atom is -0.487 e. The molecular formula is C12H13FO3. The van der Waals surface area contributed by atoms with Crippen molar-refractivity contribution in [3.05, 3.63) is 30.1 Å². The molecule has 0 N–H and O–H groups in total. The summed E-state index contributed by atoms with van der Waals surface area (Å²) in [6.07, 6.45) is -0.338. The first-order chi connectivity index (χ1) is 7.70. The zero-order valence-electron chi connectivity index (χ0n) is 8.98. The van der Waals surface area contributed by atoms with Crippen molar-refractivity contribution in [3.63, 3.8) is 0 Å². The van der Waals surface area contributed by atoms with E-state index in [1.807, 2.05) is 6.92 Å². The third kappa shape index (κ3) is 2.22. The Balaban J connectivity index is 1.95. The minimum absolute atomic E-state index is 0.0639. The standard InChI is InChI=1S/C12H13FO3/c1-2-15-12-10(14)7-11(12)16-9-5-3-8(13)4-6-9/h3-6,11-12H,2,7H2,1H3. The van der Waals surface area contributed by atoms with Crippen LogP contribution in [0.5, 0.6) is 5.75 Å². The zero-order chi connectivity index (χ0) is 11.5. The monoisotopic (exact) mass is 224 g/mol. The molecule has 2 rings (SSSR count). The van der Waals surface area contributed by atoms with Crippen LogP contribution in [-0.4, -0.2) is 24.6 Å². The summed E-state index contributed by atoms with van der Waals surface area (Å²) in [6, 6.07) is 5.74. The summed E-state index contributed by atoms with van der Waals surface area (Å²) in [6.45, 7) is 2.32. The molecule has 1 saturated carbocycles. The highest BCUT2D eigenvalue weighted by atomic mass is 19.1. The molecule has 1 aromatic carbocycles. The molecule has 2 unspecified atom stereocenters. The maximum atomic E-state index is 12.6. The first kappa shape index (κ1) is 11.1. The fraction of sp³-hybridized carbons (Fsp3) is 0.417. The Hall–Kier alpha value is -1.42. The van der Waals surface area contributed by atoms with Gasteiger partial charge in [0.05, 0.1) is 0 Å². The SMILES string of the molecule is CCOC1C(=O)CC1Oc1ccc(F)cc1. The number of benzene rings is 1. The van der Waals surface area contributed by atoms with E-state index in [2.05, 4.69) is 0 Å². The smallest absolute Gasteiger partial charge is 0.169 e. The highest BCUT2D eigenvalue weighted by Gasteiger charge is 2.42. The van der Waals surface area contributed by atoms with Gasteiger partial charge in [-0.15, -0.1) is 0 Å². The van der Waals surface area contributed by atoms with Crippen molar-refractivity contribution in [1.82, 2.24) is 0 Å². The fourth-order valence-corrected chi connectivity index (χ4v) is 1.64. The summed E-state index contributed by atoms with van der Waals surface area (Å²) >= 11 is 0. The van der Waals surface area contributed by atoms with E-state index < -0.39 is 6.10 Å². The highest BCUT2D eigenvalue weighted by Crippen LogP contribution is 2.25. The molecule has 0 heterocycles. The first-order valence-corrected chi connectivity index (χ1v) is 5.27. The second-order valence-corrected chi connectivity index (χ2v) is 3.66. The molecule has 0 bridgehead atoms. The molecular weight excluding hydrogens is 211 g/mol. The Bertz CT molecular complexity index is 374. The average molecular weight is 224 g/mol. The van der Waals surface area contributed by atoms with Gasteiger partial charge in [0, 0.05) is 13.0 Å². The predicted octanol–water partition coefficient (Wildman–Crippen LogP) is 1.95. The lowest BCUT2D eigenvalue weighted by molar-refractivity contribution is -0.154. The van der Waals surface area contributed by atoms with Crippen molar-refractivity contribution in [2.45, 2.75) is 25.6 Å². The van der Waals surface area contributed by atoms with E-state index >= 15 is 0 Å². The molecule has 1 fully saturated rings. The van der Waals surface area contributed by atoms with Gasteiger partial charge >= 0.3 is 0 Å². The van der Waals surface area contributed by atoms with Crippen LogP contribution in [0.15, 0.2) is 24.3 Å². The van der Waals surface area contributed by atoms with Crippen LogP contribution in [0.3, 0.4) is 0 Å². The summed E-state index contributed by atoms with van der Waals surface area (Å²) in [5, 5.41) is 0. The third-order valence-electron chi connectivity index (χ3n) is 2.50. The molecule has 1 aromatic rings. The van der Waals surface area contributed by atoms with Crippen LogP contribution >= 0.6 is 0 Å². The lowest BCUT2D eigenvalue weighted by atomic mass is 9.90. The van der Waals surface area contributed by atoms with Crippen LogP contribution in [0.2, 0.25) is 0 Å². The third-order valence-corrected chi connectivity index (χ3v) is 2.50. The van der Waals surface area contributed by atoms with Gasteiger partial charge in [0.15, 0.2) is 11.9 Å². The van der Waals surface area contributed by atoms with E-state index in [-0.39, 0.29) is 17.7 Å². The molecule has 1 aliphatic rings. The largest absolute Gasteiger partial charge is 0.487 e. The van der Waals surface area contributed by atoms with Gasteiger partial charge in [-0.25, -0.2) is 4.39 Å². The molecule has 0 saturated heterocycles. The van der Waals surface area contributed by atoms with Gasteiger partial charge in [0.1, 0.15) is 17.7 Å². The molecule has 4 heteroatoms. The Morgan fingerprint density at radius 3 is 2.62 bits per heavy atom. The first-order valence-electron chi connectivity index (χ1n) is 5.27. The van der Waals surface area contributed by atoms with Crippen molar-refractivity contribution in [3.8, 4) is 5.75 Å². The van der Waals surface area contributed by atoms with Crippen molar-refractivity contribution in [1.29, 1.82) is 0 Å².